The Labute approximate surface area is 103 Å². The molecule has 0 saturated heterocycles. The van der Waals surface area contributed by atoms with Gasteiger partial charge in [-0.25, -0.2) is 0 Å². The molecule has 0 saturated carbocycles. The molecule has 0 aliphatic rings. The molecule has 0 aliphatic carbocycles. The van der Waals surface area contributed by atoms with Crippen molar-refractivity contribution in [2.75, 3.05) is 0 Å². The summed E-state index contributed by atoms with van der Waals surface area (Å²) in [7, 11) is 9.47. The minimum Gasteiger partial charge on any atom is 0 e. The van der Waals surface area contributed by atoms with Gasteiger partial charge in [-0.05, 0) is 0 Å². The summed E-state index contributed by atoms with van der Waals surface area (Å²) >= 11 is 0.382. The average Bonchev–Trinajstić information content (AvgIpc) is 0.918. The van der Waals surface area contributed by atoms with Crippen molar-refractivity contribution in [2.24, 2.45) is 0 Å². The number of rotatable bonds is 0. The normalized spacial score (nSPS) is 4.40. The second kappa shape index (κ2) is 15.7. The molecule has 0 heterocycles. The summed E-state index contributed by atoms with van der Waals surface area (Å²) in [6.45, 7) is 0. The van der Waals surface area contributed by atoms with E-state index in [0.717, 1.165) is 0 Å². The first-order chi connectivity index (χ1) is 1.41. The fourth-order valence-electron chi connectivity index (χ4n) is 0. The van der Waals surface area contributed by atoms with E-state index >= 15 is 0 Å². The van der Waals surface area contributed by atoms with Crippen LogP contribution in [0.3, 0.4) is 0 Å². The third kappa shape index (κ3) is 18.6. The van der Waals surface area contributed by atoms with Gasteiger partial charge in [0.25, 0.3) is 0 Å². The fraction of sp³-hybridized carbons (Fsp3) is 0. The van der Waals surface area contributed by atoms with Crippen molar-refractivity contribution in [3.05, 3.63) is 0 Å². The monoisotopic (exact) mass is 266 g/mol. The predicted octanol–water partition coefficient (Wildman–Crippen LogP) is 0.993. The van der Waals surface area contributed by atoms with Gasteiger partial charge in [-0.3, -0.25) is 0 Å². The Hall–Kier alpha value is 3.41. The summed E-state index contributed by atoms with van der Waals surface area (Å²) in [6.07, 6.45) is 0. The smallest absolute Gasteiger partial charge is 0 e. The maximum Gasteiger partial charge on any atom is 0 e. The molecule has 0 unspecified atom stereocenters. The number of halogens is 2. The van der Waals surface area contributed by atoms with Crippen LogP contribution in [0.2, 0.25) is 0 Å². The molecule has 0 N–H and O–H groups in total. The Balaban J connectivity index is -0.0000000200. The third-order valence-electron chi connectivity index (χ3n) is 0. The van der Waals surface area contributed by atoms with Crippen LogP contribution in [0.1, 0.15) is 0 Å². The van der Waals surface area contributed by atoms with Crippen molar-refractivity contribution in [1.29, 1.82) is 0 Å². The van der Waals surface area contributed by atoms with Gasteiger partial charge in [-0.1, -0.05) is 0 Å². The molecule has 0 aromatic carbocycles. The van der Waals surface area contributed by atoms with E-state index in [2.05, 4.69) is 0 Å². The molecule has 1 radical (unpaired) electrons. The zero-order valence-corrected chi connectivity index (χ0v) is 10.2. The van der Waals surface area contributed by atoms with E-state index in [4.69, 9.17) is 20.3 Å². The zero-order chi connectivity index (χ0) is 2.71. The van der Waals surface area contributed by atoms with E-state index in [9.17, 15) is 0 Å². The van der Waals surface area contributed by atoms with E-state index in [-0.39, 0.29) is 72.4 Å². The Kier molecular flexibility index (Phi) is 49.4. The van der Waals surface area contributed by atoms with Gasteiger partial charge >= 0.3 is 33.2 Å². The van der Waals surface area contributed by atoms with Gasteiger partial charge in [0, 0.05) is 72.4 Å². The van der Waals surface area contributed by atoms with Crippen molar-refractivity contribution in [1.82, 2.24) is 0 Å². The van der Waals surface area contributed by atoms with Crippen LogP contribution in [0.5, 0.6) is 0 Å². The summed E-state index contributed by atoms with van der Waals surface area (Å²) in [5, 5.41) is 0. The average molecular weight is 265 g/mol. The van der Waals surface area contributed by atoms with Crippen molar-refractivity contribution >= 4 is 71.7 Å². The Morgan fingerprint density at radius 1 is 1.20 bits per heavy atom. The molecule has 0 atom stereocenters. The van der Waals surface area contributed by atoms with Gasteiger partial charge in [-0.15, -0.1) is 0 Å². The van der Waals surface area contributed by atoms with Gasteiger partial charge in [0.1, 0.15) is 0 Å². The van der Waals surface area contributed by atoms with Crippen LogP contribution in [0.25, 0.3) is 0 Å². The van der Waals surface area contributed by atoms with E-state index in [0.29, 0.717) is 12.9 Å². The van der Waals surface area contributed by atoms with Crippen LogP contribution in [0.4, 0.5) is 0 Å². The first kappa shape index (κ1) is 15.8. The molecule has 0 amide bonds. The standard InChI is InChI=1S/2ClH.Co.K.Mo/h2*1H;;;/q;;+2;;/p-2. The molecule has 0 fully saturated rings. The molecule has 0 rings (SSSR count). The Bertz CT molecular complexity index is 9.61. The summed E-state index contributed by atoms with van der Waals surface area (Å²) in [4.78, 5) is 0. The Morgan fingerprint density at radius 3 is 1.20 bits per heavy atom. The largest absolute Gasteiger partial charge is 0 e. The minimum atomic E-state index is 0. The van der Waals surface area contributed by atoms with E-state index in [1.165, 1.54) is 0 Å². The van der Waals surface area contributed by atoms with Crippen LogP contribution in [0, 0.1) is 0 Å². The molecule has 0 spiro atoms. The molecule has 30 valence electrons. The van der Waals surface area contributed by atoms with E-state index in [1.807, 2.05) is 0 Å². The van der Waals surface area contributed by atoms with Gasteiger partial charge in [0.05, 0.1) is 0 Å². The van der Waals surface area contributed by atoms with Crippen LogP contribution in [-0.4, -0.2) is 51.4 Å². The molecule has 0 aromatic heterocycles. The quantitative estimate of drug-likeness (QED) is 0.573. The number of hydrogen-bond acceptors (Lipinski definition) is 0. The summed E-state index contributed by atoms with van der Waals surface area (Å²) < 4.78 is 0. The first-order valence-corrected chi connectivity index (χ1v) is 3.12. The SMILES string of the molecule is [Cl][Co][Cl].[K].[Mo]. The molecular formula is Cl2CoKMo. The predicted molar refractivity (Wildman–Crippen MR) is 17.5 cm³/mol. The van der Waals surface area contributed by atoms with Gasteiger partial charge in [-0.2, -0.15) is 0 Å². The van der Waals surface area contributed by atoms with Crippen LogP contribution < -0.4 is 0 Å². The second-order valence-corrected chi connectivity index (χ2v) is 1.77. The van der Waals surface area contributed by atoms with Crippen molar-refractivity contribution in [3.8, 4) is 0 Å². The first-order valence-electron chi connectivity index (χ1n) is 0.252. The minimum absolute atomic E-state index is 0. The van der Waals surface area contributed by atoms with Crippen molar-refractivity contribution < 1.29 is 34.0 Å². The molecule has 0 aromatic rings. The molecule has 5 heavy (non-hydrogen) atoms. The molecule has 0 aliphatic heterocycles. The molecular weight excluding hydrogens is 265 g/mol. The second-order valence-electron chi connectivity index (χ2n) is 0.0476. The van der Waals surface area contributed by atoms with Crippen LogP contribution in [-0.2, 0) is 34.0 Å². The number of hydrogen-bond donors (Lipinski definition) is 0. The van der Waals surface area contributed by atoms with Gasteiger partial charge in [0.2, 0.25) is 0 Å². The molecule has 5 heteroatoms. The van der Waals surface area contributed by atoms with E-state index in [1.54, 1.807) is 0 Å². The van der Waals surface area contributed by atoms with Crippen molar-refractivity contribution in [3.63, 3.8) is 0 Å². The van der Waals surface area contributed by atoms with E-state index < -0.39 is 0 Å². The maximum atomic E-state index is 4.73. The summed E-state index contributed by atoms with van der Waals surface area (Å²) in [5.74, 6) is 0. The maximum absolute atomic E-state index is 4.73. The van der Waals surface area contributed by atoms with Crippen LogP contribution in [0.15, 0.2) is 0 Å². The topological polar surface area (TPSA) is 0 Å². The molecule has 0 nitrogen and oxygen atoms in total. The van der Waals surface area contributed by atoms with Gasteiger partial charge < -0.3 is 0 Å². The summed E-state index contributed by atoms with van der Waals surface area (Å²) in [6, 6.07) is 0. The molecule has 0 bridgehead atoms. The Morgan fingerprint density at radius 2 is 1.20 bits per heavy atom. The summed E-state index contributed by atoms with van der Waals surface area (Å²) in [5.41, 5.74) is 0. The fourth-order valence-corrected chi connectivity index (χ4v) is 0. The zero-order valence-electron chi connectivity index (χ0n) is 2.50. The third-order valence-corrected chi connectivity index (χ3v) is 0. The van der Waals surface area contributed by atoms with Crippen molar-refractivity contribution in [2.45, 2.75) is 0 Å². The van der Waals surface area contributed by atoms with Gasteiger partial charge in [0.15, 0.2) is 0 Å². The van der Waals surface area contributed by atoms with Crippen LogP contribution >= 0.6 is 20.3 Å².